The van der Waals surface area contributed by atoms with Crippen molar-refractivity contribution in [3.8, 4) is 56.2 Å². The van der Waals surface area contributed by atoms with Crippen LogP contribution in [0.5, 0.6) is 0 Å². The summed E-state index contributed by atoms with van der Waals surface area (Å²) in [5, 5.41) is 2.21. The van der Waals surface area contributed by atoms with E-state index < -0.39 is 0 Å². The number of furan rings is 1. The van der Waals surface area contributed by atoms with Crippen LogP contribution >= 0.6 is 0 Å². The second-order valence-electron chi connectivity index (χ2n) is 13.5. The lowest BCUT2D eigenvalue weighted by atomic mass is 9.74. The van der Waals surface area contributed by atoms with Crippen LogP contribution in [0.15, 0.2) is 180 Å². The average Bonchev–Trinajstić information content (AvgIpc) is 3.71. The first-order valence-corrected chi connectivity index (χ1v) is 17.4. The van der Waals surface area contributed by atoms with Gasteiger partial charge in [0.25, 0.3) is 0 Å². The Morgan fingerprint density at radius 1 is 0.412 bits per heavy atom. The highest BCUT2D eigenvalue weighted by Crippen LogP contribution is 2.53. The molecule has 0 fully saturated rings. The standard InChI is InChI=1S/C48H32N2O/c1-48(34-16-6-3-7-17-34)41-22-12-10-19-36(41)37-26-24-32(28-42(37)48)35-18-8-9-20-38(35)44-30-43(49-47(50-44)31-14-4-2-5-15-31)33-25-27-40-39-21-11-13-23-45(39)51-46(40)29-33/h2-30H,1H3. The fraction of sp³-hybridized carbons (Fsp3) is 0.0417. The van der Waals surface area contributed by atoms with E-state index in [0.717, 1.165) is 61.1 Å². The Balaban J connectivity index is 1.15. The first-order chi connectivity index (χ1) is 25.1. The molecule has 0 saturated carbocycles. The zero-order chi connectivity index (χ0) is 33.9. The molecule has 0 bridgehead atoms. The number of fused-ring (bicyclic) bond motifs is 6. The SMILES string of the molecule is CC1(c2ccccc2)c2ccccc2-c2ccc(-c3ccccc3-c3cc(-c4ccc5c(c4)oc4ccccc45)nc(-c4ccccc4)n3)cc21. The van der Waals surface area contributed by atoms with Crippen LogP contribution in [0.25, 0.3) is 78.1 Å². The van der Waals surface area contributed by atoms with Crippen LogP contribution in [-0.4, -0.2) is 9.97 Å². The molecule has 7 aromatic carbocycles. The molecule has 2 heterocycles. The summed E-state index contributed by atoms with van der Waals surface area (Å²) in [6.45, 7) is 2.37. The maximum Gasteiger partial charge on any atom is 0.160 e. The Hall–Kier alpha value is -6.58. The van der Waals surface area contributed by atoms with Gasteiger partial charge in [0.05, 0.1) is 11.4 Å². The maximum absolute atomic E-state index is 6.29. The Morgan fingerprint density at radius 3 is 1.88 bits per heavy atom. The maximum atomic E-state index is 6.29. The lowest BCUT2D eigenvalue weighted by molar-refractivity contribution is 0.669. The molecule has 0 saturated heterocycles. The molecule has 3 heteroatoms. The van der Waals surface area contributed by atoms with Crippen LogP contribution in [0, 0.1) is 0 Å². The van der Waals surface area contributed by atoms with Gasteiger partial charge in [0.2, 0.25) is 0 Å². The largest absolute Gasteiger partial charge is 0.456 e. The van der Waals surface area contributed by atoms with Crippen LogP contribution in [0.4, 0.5) is 0 Å². The third-order valence-corrected chi connectivity index (χ3v) is 10.6. The normalized spacial score (nSPS) is 14.8. The molecule has 1 aliphatic carbocycles. The molecule has 0 spiro atoms. The van der Waals surface area contributed by atoms with E-state index in [1.165, 1.54) is 27.8 Å². The highest BCUT2D eigenvalue weighted by molar-refractivity contribution is 6.05. The van der Waals surface area contributed by atoms with Gasteiger partial charge in [0.1, 0.15) is 11.2 Å². The minimum Gasteiger partial charge on any atom is -0.456 e. The Kier molecular flexibility index (Phi) is 6.62. The zero-order valence-electron chi connectivity index (χ0n) is 28.0. The van der Waals surface area contributed by atoms with Crippen molar-refractivity contribution in [3.63, 3.8) is 0 Å². The van der Waals surface area contributed by atoms with Gasteiger partial charge < -0.3 is 4.42 Å². The summed E-state index contributed by atoms with van der Waals surface area (Å²) in [6.07, 6.45) is 0. The molecule has 3 nitrogen and oxygen atoms in total. The minimum atomic E-state index is -0.282. The number of rotatable bonds is 5. The van der Waals surface area contributed by atoms with Gasteiger partial charge in [-0.05, 0) is 76.2 Å². The molecule has 10 rings (SSSR count). The molecule has 0 radical (unpaired) electrons. The molecule has 0 N–H and O–H groups in total. The molecule has 2 aromatic heterocycles. The number of para-hydroxylation sites is 1. The molecule has 1 aliphatic rings. The van der Waals surface area contributed by atoms with Gasteiger partial charge in [-0.1, -0.05) is 146 Å². The summed E-state index contributed by atoms with van der Waals surface area (Å²) in [4.78, 5) is 10.4. The smallest absolute Gasteiger partial charge is 0.160 e. The number of nitrogens with zero attached hydrogens (tertiary/aromatic N) is 2. The molecule has 240 valence electrons. The minimum absolute atomic E-state index is 0.282. The summed E-state index contributed by atoms with van der Waals surface area (Å²) in [6, 6.07) is 62.2. The van der Waals surface area contributed by atoms with E-state index in [2.05, 4.69) is 146 Å². The summed E-state index contributed by atoms with van der Waals surface area (Å²) in [5.41, 5.74) is 15.0. The number of aromatic nitrogens is 2. The predicted octanol–water partition coefficient (Wildman–Crippen LogP) is 12.4. The topological polar surface area (TPSA) is 38.9 Å². The molecule has 0 amide bonds. The monoisotopic (exact) mass is 652 g/mol. The van der Waals surface area contributed by atoms with Gasteiger partial charge in [0, 0.05) is 32.9 Å². The summed E-state index contributed by atoms with van der Waals surface area (Å²) >= 11 is 0. The highest BCUT2D eigenvalue weighted by Gasteiger charge is 2.40. The van der Waals surface area contributed by atoms with Gasteiger partial charge in [-0.15, -0.1) is 0 Å². The van der Waals surface area contributed by atoms with Crippen molar-refractivity contribution in [1.82, 2.24) is 9.97 Å². The van der Waals surface area contributed by atoms with Gasteiger partial charge in [-0.25, -0.2) is 9.97 Å². The third-order valence-electron chi connectivity index (χ3n) is 10.6. The molecule has 9 aromatic rings. The van der Waals surface area contributed by atoms with Crippen molar-refractivity contribution >= 4 is 21.9 Å². The van der Waals surface area contributed by atoms with Crippen LogP contribution in [0.2, 0.25) is 0 Å². The summed E-state index contributed by atoms with van der Waals surface area (Å²) in [5.74, 6) is 0.684. The Morgan fingerprint density at radius 2 is 1.04 bits per heavy atom. The number of hydrogen-bond acceptors (Lipinski definition) is 3. The van der Waals surface area contributed by atoms with E-state index in [4.69, 9.17) is 14.4 Å². The first kappa shape index (κ1) is 29.3. The van der Waals surface area contributed by atoms with Crippen molar-refractivity contribution in [1.29, 1.82) is 0 Å². The van der Waals surface area contributed by atoms with Gasteiger partial charge in [0.15, 0.2) is 5.82 Å². The van der Waals surface area contributed by atoms with Crippen molar-refractivity contribution in [2.75, 3.05) is 0 Å². The Labute approximate surface area is 296 Å². The molecule has 1 unspecified atom stereocenters. The molecular formula is C48H32N2O. The van der Waals surface area contributed by atoms with Crippen LogP contribution in [-0.2, 0) is 5.41 Å². The van der Waals surface area contributed by atoms with Gasteiger partial charge >= 0.3 is 0 Å². The van der Waals surface area contributed by atoms with Crippen molar-refractivity contribution in [2.45, 2.75) is 12.3 Å². The Bertz CT molecular complexity index is 2760. The molecule has 51 heavy (non-hydrogen) atoms. The molecular weight excluding hydrogens is 621 g/mol. The van der Waals surface area contributed by atoms with E-state index in [-0.39, 0.29) is 5.41 Å². The second-order valence-corrected chi connectivity index (χ2v) is 13.5. The van der Waals surface area contributed by atoms with E-state index in [1.54, 1.807) is 0 Å². The van der Waals surface area contributed by atoms with Gasteiger partial charge in [-0.3, -0.25) is 0 Å². The van der Waals surface area contributed by atoms with Crippen molar-refractivity contribution < 1.29 is 4.42 Å². The summed E-state index contributed by atoms with van der Waals surface area (Å²) in [7, 11) is 0. The van der Waals surface area contributed by atoms with Crippen LogP contribution in [0.3, 0.4) is 0 Å². The predicted molar refractivity (Wildman–Crippen MR) is 208 cm³/mol. The van der Waals surface area contributed by atoms with Crippen LogP contribution < -0.4 is 0 Å². The quantitative estimate of drug-likeness (QED) is 0.186. The highest BCUT2D eigenvalue weighted by atomic mass is 16.3. The third kappa shape index (κ3) is 4.66. The first-order valence-electron chi connectivity index (χ1n) is 17.4. The van der Waals surface area contributed by atoms with Gasteiger partial charge in [-0.2, -0.15) is 0 Å². The fourth-order valence-electron chi connectivity index (χ4n) is 8.03. The van der Waals surface area contributed by atoms with E-state index in [1.807, 2.05) is 36.4 Å². The lowest BCUT2D eigenvalue weighted by Crippen LogP contribution is -2.22. The fourth-order valence-corrected chi connectivity index (χ4v) is 8.03. The number of hydrogen-bond donors (Lipinski definition) is 0. The lowest BCUT2D eigenvalue weighted by Gasteiger charge is -2.28. The average molecular weight is 653 g/mol. The van der Waals surface area contributed by atoms with E-state index in [9.17, 15) is 0 Å². The second kappa shape index (κ2) is 11.5. The van der Waals surface area contributed by atoms with E-state index in [0.29, 0.717) is 5.82 Å². The molecule has 0 aliphatic heterocycles. The van der Waals surface area contributed by atoms with E-state index >= 15 is 0 Å². The van der Waals surface area contributed by atoms with Crippen LogP contribution in [0.1, 0.15) is 23.6 Å². The molecule has 1 atom stereocenters. The van der Waals surface area contributed by atoms with Crippen molar-refractivity contribution in [2.24, 2.45) is 0 Å². The zero-order valence-corrected chi connectivity index (χ0v) is 28.0. The number of benzene rings is 7. The van der Waals surface area contributed by atoms with Crippen molar-refractivity contribution in [3.05, 3.63) is 193 Å². The summed E-state index contributed by atoms with van der Waals surface area (Å²) < 4.78 is 6.29.